The molecule has 2 aromatic rings. The second-order valence-electron chi connectivity index (χ2n) is 6.38. The number of nitrogens with zero attached hydrogens (tertiary/aromatic N) is 1. The summed E-state index contributed by atoms with van der Waals surface area (Å²) >= 11 is 0. The Morgan fingerprint density at radius 3 is 2.04 bits per heavy atom. The van der Waals surface area contributed by atoms with Gasteiger partial charge in [-0.15, -0.1) is 0 Å². The van der Waals surface area contributed by atoms with Gasteiger partial charge in [0, 0.05) is 18.7 Å². The van der Waals surface area contributed by atoms with Gasteiger partial charge < -0.3 is 5.32 Å². The second kappa shape index (κ2) is 6.89. The maximum absolute atomic E-state index is 12.3. The van der Waals surface area contributed by atoms with E-state index in [9.17, 15) is 14.4 Å². The number of carbonyl (C=O) groups excluding carboxylic acids is 3. The molecule has 128 valence electrons. The molecule has 0 radical (unpaired) electrons. The summed E-state index contributed by atoms with van der Waals surface area (Å²) in [6, 6.07) is 14.4. The molecule has 0 saturated carbocycles. The monoisotopic (exact) mass is 336 g/mol. The van der Waals surface area contributed by atoms with Gasteiger partial charge in [-0.1, -0.05) is 38.1 Å². The first kappa shape index (κ1) is 16.9. The van der Waals surface area contributed by atoms with Crippen molar-refractivity contribution in [2.75, 3.05) is 11.9 Å². The number of fused-ring (bicyclic) bond motifs is 1. The van der Waals surface area contributed by atoms with E-state index in [0.717, 1.165) is 4.90 Å². The lowest BCUT2D eigenvalue weighted by molar-refractivity contribution is -0.116. The molecule has 0 bridgehead atoms. The SMILES string of the molecule is CC(C)c1ccc(NC(=O)CCN2C(=O)c3ccccc3C2=O)cc1. The van der Waals surface area contributed by atoms with E-state index in [1.165, 1.54) is 5.56 Å². The van der Waals surface area contributed by atoms with Crippen LogP contribution < -0.4 is 5.32 Å². The molecule has 25 heavy (non-hydrogen) atoms. The fourth-order valence-electron chi connectivity index (χ4n) is 2.83. The van der Waals surface area contributed by atoms with E-state index in [2.05, 4.69) is 19.2 Å². The molecule has 0 aromatic heterocycles. The Morgan fingerprint density at radius 1 is 0.960 bits per heavy atom. The van der Waals surface area contributed by atoms with Gasteiger partial charge in [-0.05, 0) is 35.7 Å². The molecular formula is C20H20N2O3. The molecule has 0 spiro atoms. The minimum Gasteiger partial charge on any atom is -0.326 e. The molecule has 0 aliphatic carbocycles. The Kier molecular flexibility index (Phi) is 4.65. The van der Waals surface area contributed by atoms with Crippen LogP contribution in [0.5, 0.6) is 0 Å². The Morgan fingerprint density at radius 2 is 1.52 bits per heavy atom. The highest BCUT2D eigenvalue weighted by Gasteiger charge is 2.34. The zero-order valence-electron chi connectivity index (χ0n) is 14.3. The van der Waals surface area contributed by atoms with Crippen LogP contribution in [0.2, 0.25) is 0 Å². The molecule has 5 nitrogen and oxygen atoms in total. The number of benzene rings is 2. The van der Waals surface area contributed by atoms with Crippen molar-refractivity contribution in [1.29, 1.82) is 0 Å². The number of nitrogens with one attached hydrogen (secondary N) is 1. The van der Waals surface area contributed by atoms with Crippen molar-refractivity contribution in [1.82, 2.24) is 4.90 Å². The first-order chi connectivity index (χ1) is 12.0. The molecule has 2 aromatic carbocycles. The third kappa shape index (κ3) is 3.45. The number of hydrogen-bond donors (Lipinski definition) is 1. The van der Waals surface area contributed by atoms with Gasteiger partial charge in [0.2, 0.25) is 5.91 Å². The van der Waals surface area contributed by atoms with Gasteiger partial charge in [0.05, 0.1) is 11.1 Å². The molecule has 1 N–H and O–H groups in total. The van der Waals surface area contributed by atoms with Crippen LogP contribution in [0.4, 0.5) is 5.69 Å². The zero-order chi connectivity index (χ0) is 18.0. The van der Waals surface area contributed by atoms with Gasteiger partial charge >= 0.3 is 0 Å². The van der Waals surface area contributed by atoms with E-state index < -0.39 is 0 Å². The maximum atomic E-state index is 12.3. The predicted molar refractivity (Wildman–Crippen MR) is 95.6 cm³/mol. The van der Waals surface area contributed by atoms with Crippen LogP contribution in [0.25, 0.3) is 0 Å². The molecule has 1 aliphatic heterocycles. The number of anilines is 1. The maximum Gasteiger partial charge on any atom is 0.261 e. The lowest BCUT2D eigenvalue weighted by Crippen LogP contribution is -2.32. The smallest absolute Gasteiger partial charge is 0.261 e. The van der Waals surface area contributed by atoms with Crippen LogP contribution in [0, 0.1) is 0 Å². The summed E-state index contributed by atoms with van der Waals surface area (Å²) in [7, 11) is 0. The standard InChI is InChI=1S/C20H20N2O3/c1-13(2)14-7-9-15(10-8-14)21-18(23)11-12-22-19(24)16-5-3-4-6-17(16)20(22)25/h3-10,13H,11-12H2,1-2H3,(H,21,23). The summed E-state index contributed by atoms with van der Waals surface area (Å²) in [5.74, 6) is -0.475. The topological polar surface area (TPSA) is 66.5 Å². The van der Waals surface area contributed by atoms with Gasteiger partial charge in [-0.25, -0.2) is 0 Å². The summed E-state index contributed by atoms with van der Waals surface area (Å²) in [6.45, 7) is 4.29. The number of imide groups is 1. The molecule has 0 fully saturated rings. The summed E-state index contributed by atoms with van der Waals surface area (Å²) in [5, 5.41) is 2.79. The van der Waals surface area contributed by atoms with Gasteiger partial charge in [-0.3, -0.25) is 19.3 Å². The van der Waals surface area contributed by atoms with Gasteiger partial charge in [0.25, 0.3) is 11.8 Å². The van der Waals surface area contributed by atoms with E-state index in [1.54, 1.807) is 24.3 Å². The molecule has 0 unspecified atom stereocenters. The minimum absolute atomic E-state index is 0.0669. The summed E-state index contributed by atoms with van der Waals surface area (Å²) in [4.78, 5) is 37.8. The normalized spacial score (nSPS) is 13.3. The Balaban J connectivity index is 1.58. The van der Waals surface area contributed by atoms with Crippen molar-refractivity contribution < 1.29 is 14.4 Å². The van der Waals surface area contributed by atoms with Crippen LogP contribution in [-0.2, 0) is 4.79 Å². The Labute approximate surface area is 146 Å². The molecule has 1 heterocycles. The van der Waals surface area contributed by atoms with Crippen molar-refractivity contribution in [3.63, 3.8) is 0 Å². The summed E-state index contributed by atoms with van der Waals surface area (Å²) in [6.07, 6.45) is 0.0669. The van der Waals surface area contributed by atoms with Crippen molar-refractivity contribution >= 4 is 23.4 Å². The summed E-state index contributed by atoms with van der Waals surface area (Å²) < 4.78 is 0. The molecule has 1 aliphatic rings. The van der Waals surface area contributed by atoms with E-state index in [0.29, 0.717) is 22.7 Å². The highest BCUT2D eigenvalue weighted by molar-refractivity contribution is 6.21. The van der Waals surface area contributed by atoms with Crippen LogP contribution in [0.15, 0.2) is 48.5 Å². The molecule has 3 rings (SSSR count). The molecule has 0 saturated heterocycles. The van der Waals surface area contributed by atoms with Crippen LogP contribution >= 0.6 is 0 Å². The van der Waals surface area contributed by atoms with Crippen molar-refractivity contribution in [2.24, 2.45) is 0 Å². The van der Waals surface area contributed by atoms with Gasteiger partial charge in [0.15, 0.2) is 0 Å². The van der Waals surface area contributed by atoms with Crippen molar-refractivity contribution in [3.8, 4) is 0 Å². The van der Waals surface area contributed by atoms with E-state index in [4.69, 9.17) is 0 Å². The first-order valence-electron chi connectivity index (χ1n) is 8.32. The fourth-order valence-corrected chi connectivity index (χ4v) is 2.83. The Hall–Kier alpha value is -2.95. The molecular weight excluding hydrogens is 316 g/mol. The van der Waals surface area contributed by atoms with Crippen molar-refractivity contribution in [2.45, 2.75) is 26.2 Å². The largest absolute Gasteiger partial charge is 0.326 e. The zero-order valence-corrected chi connectivity index (χ0v) is 14.3. The average Bonchev–Trinajstić information content (AvgIpc) is 2.85. The van der Waals surface area contributed by atoms with E-state index >= 15 is 0 Å². The quantitative estimate of drug-likeness (QED) is 0.851. The minimum atomic E-state index is -0.338. The lowest BCUT2D eigenvalue weighted by atomic mass is 10.0. The number of rotatable bonds is 5. The third-order valence-electron chi connectivity index (χ3n) is 4.30. The molecule has 5 heteroatoms. The van der Waals surface area contributed by atoms with Crippen LogP contribution in [-0.4, -0.2) is 29.2 Å². The lowest BCUT2D eigenvalue weighted by Gasteiger charge is -2.14. The van der Waals surface area contributed by atoms with E-state index in [1.807, 2.05) is 24.3 Å². The van der Waals surface area contributed by atoms with Crippen LogP contribution in [0.3, 0.4) is 0 Å². The fraction of sp³-hybridized carbons (Fsp3) is 0.250. The van der Waals surface area contributed by atoms with Crippen molar-refractivity contribution in [3.05, 3.63) is 65.2 Å². The number of amides is 3. The van der Waals surface area contributed by atoms with Crippen LogP contribution in [0.1, 0.15) is 52.5 Å². The average molecular weight is 336 g/mol. The first-order valence-corrected chi connectivity index (χ1v) is 8.32. The summed E-state index contributed by atoms with van der Waals surface area (Å²) in [5.41, 5.74) is 2.70. The van der Waals surface area contributed by atoms with Gasteiger partial charge in [0.1, 0.15) is 0 Å². The van der Waals surface area contributed by atoms with Gasteiger partial charge in [-0.2, -0.15) is 0 Å². The second-order valence-corrected chi connectivity index (χ2v) is 6.38. The number of hydrogen-bond acceptors (Lipinski definition) is 3. The highest BCUT2D eigenvalue weighted by atomic mass is 16.2. The third-order valence-corrected chi connectivity index (χ3v) is 4.30. The van der Waals surface area contributed by atoms with E-state index in [-0.39, 0.29) is 30.7 Å². The Bertz CT molecular complexity index is 790. The number of carbonyl (C=O) groups is 3. The predicted octanol–water partition coefficient (Wildman–Crippen LogP) is 3.43. The molecule has 0 atom stereocenters. The highest BCUT2D eigenvalue weighted by Crippen LogP contribution is 2.22. The molecule has 3 amide bonds.